The number of rotatable bonds is 5. The van der Waals surface area contributed by atoms with Crippen molar-refractivity contribution in [3.8, 4) is 22.5 Å². The number of benzene rings is 2. The van der Waals surface area contributed by atoms with Crippen molar-refractivity contribution in [2.75, 3.05) is 0 Å². The standard InChI is InChI=1S/C23H18N2O2/c1-2-22(26)25-15-16-8-10-17(11-9-16)19-12-13-24-20-14-21(27-23(19)20)18-6-4-3-5-7-18/h2-14H,1,15H2,(H,25,26). The van der Waals surface area contributed by atoms with Gasteiger partial charge in [-0.2, -0.15) is 0 Å². The molecule has 132 valence electrons. The normalized spacial score (nSPS) is 10.7. The number of fused-ring (bicyclic) bond motifs is 1. The summed E-state index contributed by atoms with van der Waals surface area (Å²) in [5.74, 6) is 0.619. The third-order valence-electron chi connectivity index (χ3n) is 4.39. The van der Waals surface area contributed by atoms with Crippen molar-refractivity contribution in [3.05, 3.63) is 91.1 Å². The number of carbonyl (C=O) groups excluding carboxylic acids is 1. The summed E-state index contributed by atoms with van der Waals surface area (Å²) in [6.45, 7) is 3.92. The highest BCUT2D eigenvalue weighted by Gasteiger charge is 2.12. The van der Waals surface area contributed by atoms with Crippen LogP contribution in [0.4, 0.5) is 0 Å². The Bertz CT molecular complexity index is 1100. The van der Waals surface area contributed by atoms with Gasteiger partial charge in [-0.05, 0) is 23.3 Å². The van der Waals surface area contributed by atoms with Gasteiger partial charge in [0.05, 0.1) is 0 Å². The van der Waals surface area contributed by atoms with Gasteiger partial charge in [0.25, 0.3) is 0 Å². The second kappa shape index (κ2) is 7.30. The van der Waals surface area contributed by atoms with E-state index in [2.05, 4.69) is 16.9 Å². The smallest absolute Gasteiger partial charge is 0.243 e. The van der Waals surface area contributed by atoms with Crippen molar-refractivity contribution in [1.29, 1.82) is 0 Å². The van der Waals surface area contributed by atoms with Crippen molar-refractivity contribution in [2.24, 2.45) is 0 Å². The maximum atomic E-state index is 11.3. The molecule has 0 fully saturated rings. The summed E-state index contributed by atoms with van der Waals surface area (Å²) in [6.07, 6.45) is 3.06. The number of hydrogen-bond donors (Lipinski definition) is 1. The molecule has 0 aliphatic carbocycles. The first-order chi connectivity index (χ1) is 13.2. The van der Waals surface area contributed by atoms with E-state index < -0.39 is 0 Å². The minimum Gasteiger partial charge on any atom is -0.454 e. The molecule has 2 aromatic heterocycles. The molecule has 0 aliphatic rings. The van der Waals surface area contributed by atoms with Gasteiger partial charge in [0, 0.05) is 29.9 Å². The minimum atomic E-state index is -0.182. The van der Waals surface area contributed by atoms with E-state index in [1.54, 1.807) is 6.20 Å². The van der Waals surface area contributed by atoms with Gasteiger partial charge in [0.15, 0.2) is 5.58 Å². The molecule has 4 rings (SSSR count). The van der Waals surface area contributed by atoms with Crippen molar-refractivity contribution >= 4 is 17.0 Å². The molecular formula is C23H18N2O2. The molecule has 1 N–H and O–H groups in total. The number of nitrogens with one attached hydrogen (secondary N) is 1. The molecule has 0 unspecified atom stereocenters. The van der Waals surface area contributed by atoms with Gasteiger partial charge in [-0.3, -0.25) is 9.78 Å². The number of nitrogens with zero attached hydrogens (tertiary/aromatic N) is 1. The molecule has 0 spiro atoms. The first kappa shape index (κ1) is 16.8. The van der Waals surface area contributed by atoms with E-state index in [1.165, 1.54) is 6.08 Å². The van der Waals surface area contributed by atoms with Gasteiger partial charge in [0.1, 0.15) is 11.3 Å². The summed E-state index contributed by atoms with van der Waals surface area (Å²) in [7, 11) is 0. The summed E-state index contributed by atoms with van der Waals surface area (Å²) in [5.41, 5.74) is 5.66. The summed E-state index contributed by atoms with van der Waals surface area (Å²) in [4.78, 5) is 15.7. The third-order valence-corrected chi connectivity index (χ3v) is 4.39. The lowest BCUT2D eigenvalue weighted by atomic mass is 10.0. The number of carbonyl (C=O) groups is 1. The molecule has 27 heavy (non-hydrogen) atoms. The molecule has 1 amide bonds. The van der Waals surface area contributed by atoms with Crippen LogP contribution in [0.1, 0.15) is 5.56 Å². The Morgan fingerprint density at radius 2 is 1.81 bits per heavy atom. The van der Waals surface area contributed by atoms with Crippen molar-refractivity contribution in [1.82, 2.24) is 10.3 Å². The van der Waals surface area contributed by atoms with E-state index in [4.69, 9.17) is 4.42 Å². The van der Waals surface area contributed by atoms with Crippen LogP contribution in [-0.2, 0) is 11.3 Å². The van der Waals surface area contributed by atoms with E-state index in [1.807, 2.05) is 66.7 Å². The first-order valence-corrected chi connectivity index (χ1v) is 8.68. The number of aromatic nitrogens is 1. The van der Waals surface area contributed by atoms with Crippen molar-refractivity contribution in [2.45, 2.75) is 6.54 Å². The SMILES string of the molecule is C=CC(=O)NCc1ccc(-c2ccnc3cc(-c4ccccc4)oc23)cc1. The highest BCUT2D eigenvalue weighted by molar-refractivity contribution is 5.92. The number of amides is 1. The van der Waals surface area contributed by atoms with E-state index in [0.29, 0.717) is 6.54 Å². The Kier molecular flexibility index (Phi) is 4.54. The predicted octanol–water partition coefficient (Wildman–Crippen LogP) is 4.96. The average molecular weight is 354 g/mol. The fourth-order valence-corrected chi connectivity index (χ4v) is 2.97. The fraction of sp³-hybridized carbons (Fsp3) is 0.0435. The molecular weight excluding hydrogens is 336 g/mol. The second-order valence-corrected chi connectivity index (χ2v) is 6.17. The Morgan fingerprint density at radius 1 is 1.04 bits per heavy atom. The predicted molar refractivity (Wildman–Crippen MR) is 107 cm³/mol. The van der Waals surface area contributed by atoms with Gasteiger partial charge in [-0.1, -0.05) is 61.2 Å². The van der Waals surface area contributed by atoms with Crippen LogP contribution in [0.3, 0.4) is 0 Å². The van der Waals surface area contributed by atoms with Crippen LogP contribution in [0.15, 0.2) is 90.0 Å². The lowest BCUT2D eigenvalue weighted by molar-refractivity contribution is -0.116. The second-order valence-electron chi connectivity index (χ2n) is 6.17. The van der Waals surface area contributed by atoms with Crippen molar-refractivity contribution in [3.63, 3.8) is 0 Å². The largest absolute Gasteiger partial charge is 0.454 e. The Balaban J connectivity index is 1.66. The summed E-state index contributed by atoms with van der Waals surface area (Å²) in [6, 6.07) is 21.9. The van der Waals surface area contributed by atoms with Gasteiger partial charge in [-0.25, -0.2) is 0 Å². The van der Waals surface area contributed by atoms with Crippen molar-refractivity contribution < 1.29 is 9.21 Å². The van der Waals surface area contributed by atoms with E-state index >= 15 is 0 Å². The molecule has 0 saturated heterocycles. The summed E-state index contributed by atoms with van der Waals surface area (Å²) >= 11 is 0. The number of furan rings is 1. The van der Waals surface area contributed by atoms with Gasteiger partial charge >= 0.3 is 0 Å². The molecule has 0 saturated carbocycles. The van der Waals surface area contributed by atoms with Gasteiger partial charge < -0.3 is 9.73 Å². The zero-order valence-corrected chi connectivity index (χ0v) is 14.7. The first-order valence-electron chi connectivity index (χ1n) is 8.68. The molecule has 0 aliphatic heterocycles. The van der Waals surface area contributed by atoms with E-state index in [9.17, 15) is 4.79 Å². The Hall–Kier alpha value is -3.66. The highest BCUT2D eigenvalue weighted by Crippen LogP contribution is 2.33. The zero-order chi connectivity index (χ0) is 18.6. The van der Waals surface area contributed by atoms with Gasteiger partial charge in [0.2, 0.25) is 5.91 Å². The van der Waals surface area contributed by atoms with Crippen LogP contribution >= 0.6 is 0 Å². The molecule has 4 aromatic rings. The van der Waals surface area contributed by atoms with E-state index in [-0.39, 0.29) is 5.91 Å². The molecule has 0 atom stereocenters. The Labute approximate surface area is 157 Å². The quantitative estimate of drug-likeness (QED) is 0.515. The highest BCUT2D eigenvalue weighted by atomic mass is 16.3. The van der Waals surface area contributed by atoms with Gasteiger partial charge in [-0.15, -0.1) is 0 Å². The van der Waals surface area contributed by atoms with Crippen LogP contribution in [0.5, 0.6) is 0 Å². The molecule has 2 aromatic carbocycles. The monoisotopic (exact) mass is 354 g/mol. The fourth-order valence-electron chi connectivity index (χ4n) is 2.97. The molecule has 4 heteroatoms. The summed E-state index contributed by atoms with van der Waals surface area (Å²) < 4.78 is 6.13. The van der Waals surface area contributed by atoms with Crippen LogP contribution in [0.25, 0.3) is 33.6 Å². The Morgan fingerprint density at radius 3 is 2.56 bits per heavy atom. The maximum Gasteiger partial charge on any atom is 0.243 e. The molecule has 0 bridgehead atoms. The number of hydrogen-bond acceptors (Lipinski definition) is 3. The third kappa shape index (κ3) is 3.51. The van der Waals surface area contributed by atoms with Crippen LogP contribution in [0.2, 0.25) is 0 Å². The number of pyridine rings is 1. The minimum absolute atomic E-state index is 0.182. The van der Waals surface area contributed by atoms with Crippen LogP contribution in [-0.4, -0.2) is 10.9 Å². The summed E-state index contributed by atoms with van der Waals surface area (Å²) in [5, 5.41) is 2.77. The van der Waals surface area contributed by atoms with E-state index in [0.717, 1.165) is 39.1 Å². The van der Waals surface area contributed by atoms with Crippen LogP contribution in [0, 0.1) is 0 Å². The molecule has 2 heterocycles. The average Bonchev–Trinajstić information content (AvgIpc) is 3.17. The zero-order valence-electron chi connectivity index (χ0n) is 14.7. The topological polar surface area (TPSA) is 55.1 Å². The molecule has 0 radical (unpaired) electrons. The lowest BCUT2D eigenvalue weighted by Crippen LogP contribution is -2.19. The maximum absolute atomic E-state index is 11.3. The lowest BCUT2D eigenvalue weighted by Gasteiger charge is -2.06. The molecule has 4 nitrogen and oxygen atoms in total. The van der Waals surface area contributed by atoms with Crippen LogP contribution < -0.4 is 5.32 Å².